The Bertz CT molecular complexity index is 431. The van der Waals surface area contributed by atoms with Crippen LogP contribution < -0.4 is 0 Å². The minimum absolute atomic E-state index is 0.163. The molecule has 0 saturated heterocycles. The van der Waals surface area contributed by atoms with Crippen molar-refractivity contribution in [2.45, 2.75) is 19.0 Å². The normalized spacial score (nSPS) is 13.2. The standard InChI is InChI=1S/C11H10ClF3O3/c1-2-18-10(17)11(14,15)9(16)6-3-7(12)5-8(13)4-6/h3-5,9,16H,2H2,1H3. The molecule has 1 aromatic rings. The first-order valence-corrected chi connectivity index (χ1v) is 5.36. The third-order valence-corrected chi connectivity index (χ3v) is 2.31. The number of carbonyl (C=O) groups excluding carboxylic acids is 1. The Kier molecular flexibility index (Phi) is 4.59. The zero-order valence-electron chi connectivity index (χ0n) is 9.29. The summed E-state index contributed by atoms with van der Waals surface area (Å²) in [5, 5.41) is 9.25. The number of alkyl halides is 2. The van der Waals surface area contributed by atoms with Crippen molar-refractivity contribution in [3.05, 3.63) is 34.6 Å². The first-order valence-electron chi connectivity index (χ1n) is 4.98. The monoisotopic (exact) mass is 282 g/mol. The fourth-order valence-corrected chi connectivity index (χ4v) is 1.51. The summed E-state index contributed by atoms with van der Waals surface area (Å²) in [6, 6.07) is 2.51. The maximum Gasteiger partial charge on any atom is 0.380 e. The molecule has 3 nitrogen and oxygen atoms in total. The number of ether oxygens (including phenoxy) is 1. The zero-order valence-corrected chi connectivity index (χ0v) is 10.0. The number of hydrogen-bond donors (Lipinski definition) is 1. The number of esters is 1. The molecule has 0 fully saturated rings. The molecule has 0 aliphatic carbocycles. The summed E-state index contributed by atoms with van der Waals surface area (Å²) in [5.74, 6) is -6.94. The molecule has 1 atom stereocenters. The van der Waals surface area contributed by atoms with Gasteiger partial charge in [0.05, 0.1) is 6.61 Å². The van der Waals surface area contributed by atoms with Gasteiger partial charge in [-0.25, -0.2) is 9.18 Å². The highest BCUT2D eigenvalue weighted by molar-refractivity contribution is 6.30. The molecule has 1 rings (SSSR count). The van der Waals surface area contributed by atoms with E-state index in [0.29, 0.717) is 6.07 Å². The van der Waals surface area contributed by atoms with Crippen LogP contribution in [-0.2, 0) is 9.53 Å². The minimum Gasteiger partial charge on any atom is -0.461 e. The molecule has 100 valence electrons. The van der Waals surface area contributed by atoms with Crippen LogP contribution in [0.4, 0.5) is 13.2 Å². The van der Waals surface area contributed by atoms with Crippen LogP contribution in [0, 0.1) is 5.82 Å². The van der Waals surface area contributed by atoms with Gasteiger partial charge in [0.15, 0.2) is 6.10 Å². The zero-order chi connectivity index (χ0) is 13.9. The van der Waals surface area contributed by atoms with E-state index in [4.69, 9.17) is 11.6 Å². The van der Waals surface area contributed by atoms with Crippen molar-refractivity contribution in [1.82, 2.24) is 0 Å². The Morgan fingerprint density at radius 3 is 2.61 bits per heavy atom. The molecular weight excluding hydrogens is 273 g/mol. The largest absolute Gasteiger partial charge is 0.461 e. The Hall–Kier alpha value is -1.27. The molecule has 1 N–H and O–H groups in total. The van der Waals surface area contributed by atoms with E-state index in [9.17, 15) is 23.1 Å². The Morgan fingerprint density at radius 1 is 1.50 bits per heavy atom. The van der Waals surface area contributed by atoms with Crippen molar-refractivity contribution >= 4 is 17.6 Å². The second-order valence-corrected chi connectivity index (χ2v) is 3.89. The SMILES string of the molecule is CCOC(=O)C(F)(F)C(O)c1cc(F)cc(Cl)c1. The van der Waals surface area contributed by atoms with Gasteiger partial charge >= 0.3 is 11.9 Å². The molecule has 1 aromatic carbocycles. The highest BCUT2D eigenvalue weighted by atomic mass is 35.5. The van der Waals surface area contributed by atoms with Crippen molar-refractivity contribution in [1.29, 1.82) is 0 Å². The molecule has 0 aliphatic heterocycles. The molecular formula is C11H10ClF3O3. The van der Waals surface area contributed by atoms with E-state index in [1.807, 2.05) is 0 Å². The second-order valence-electron chi connectivity index (χ2n) is 3.45. The number of aliphatic hydroxyl groups excluding tert-OH is 1. The van der Waals surface area contributed by atoms with E-state index in [2.05, 4.69) is 4.74 Å². The predicted octanol–water partition coefficient (Wildman–Crippen LogP) is 2.71. The quantitative estimate of drug-likeness (QED) is 0.864. The molecule has 0 heterocycles. The van der Waals surface area contributed by atoms with E-state index in [0.717, 1.165) is 12.1 Å². The van der Waals surface area contributed by atoms with Crippen LogP contribution >= 0.6 is 11.6 Å². The number of hydrogen-bond acceptors (Lipinski definition) is 3. The molecule has 0 bridgehead atoms. The lowest BCUT2D eigenvalue weighted by atomic mass is 10.0. The van der Waals surface area contributed by atoms with Crippen LogP contribution in [0.15, 0.2) is 18.2 Å². The highest BCUT2D eigenvalue weighted by Crippen LogP contribution is 2.33. The summed E-state index contributed by atoms with van der Waals surface area (Å²) in [4.78, 5) is 11.0. The number of halogens is 4. The van der Waals surface area contributed by atoms with Gasteiger partial charge in [-0.05, 0) is 30.7 Å². The molecule has 18 heavy (non-hydrogen) atoms. The summed E-state index contributed by atoms with van der Waals surface area (Å²) in [7, 11) is 0. The van der Waals surface area contributed by atoms with Crippen LogP contribution in [-0.4, -0.2) is 23.6 Å². The van der Waals surface area contributed by atoms with Gasteiger partial charge in [0.2, 0.25) is 0 Å². The van der Waals surface area contributed by atoms with Crippen molar-refractivity contribution in [3.63, 3.8) is 0 Å². The summed E-state index contributed by atoms with van der Waals surface area (Å²) in [6.07, 6.45) is -2.52. The van der Waals surface area contributed by atoms with Crippen LogP contribution in [0.5, 0.6) is 0 Å². The second kappa shape index (κ2) is 5.58. The molecule has 1 unspecified atom stereocenters. The maximum absolute atomic E-state index is 13.5. The van der Waals surface area contributed by atoms with Gasteiger partial charge in [0.25, 0.3) is 0 Å². The maximum atomic E-state index is 13.5. The topological polar surface area (TPSA) is 46.5 Å². The van der Waals surface area contributed by atoms with E-state index >= 15 is 0 Å². The van der Waals surface area contributed by atoms with E-state index in [-0.39, 0.29) is 11.6 Å². The number of carbonyl (C=O) groups is 1. The van der Waals surface area contributed by atoms with Crippen LogP contribution in [0.3, 0.4) is 0 Å². The fraction of sp³-hybridized carbons (Fsp3) is 0.364. The van der Waals surface area contributed by atoms with Gasteiger partial charge in [-0.15, -0.1) is 0 Å². The first-order chi connectivity index (χ1) is 8.28. The number of rotatable bonds is 4. The fourth-order valence-electron chi connectivity index (χ4n) is 1.28. The van der Waals surface area contributed by atoms with Crippen molar-refractivity contribution in [2.24, 2.45) is 0 Å². The average Bonchev–Trinajstić information content (AvgIpc) is 2.26. The van der Waals surface area contributed by atoms with Gasteiger partial charge in [-0.1, -0.05) is 11.6 Å². The lowest BCUT2D eigenvalue weighted by Crippen LogP contribution is -2.37. The van der Waals surface area contributed by atoms with Gasteiger partial charge < -0.3 is 9.84 Å². The molecule has 0 aliphatic rings. The lowest BCUT2D eigenvalue weighted by molar-refractivity contribution is -0.189. The van der Waals surface area contributed by atoms with E-state index in [1.54, 1.807) is 0 Å². The number of benzene rings is 1. The van der Waals surface area contributed by atoms with Gasteiger partial charge in [0, 0.05) is 5.02 Å². The van der Waals surface area contributed by atoms with Crippen molar-refractivity contribution in [2.75, 3.05) is 6.61 Å². The summed E-state index contributed by atoms with van der Waals surface area (Å²) >= 11 is 5.47. The minimum atomic E-state index is -4.17. The third kappa shape index (κ3) is 3.14. The van der Waals surface area contributed by atoms with Crippen molar-refractivity contribution < 1.29 is 27.8 Å². The van der Waals surface area contributed by atoms with Crippen LogP contribution in [0.25, 0.3) is 0 Å². The predicted molar refractivity (Wildman–Crippen MR) is 57.9 cm³/mol. The van der Waals surface area contributed by atoms with Crippen LogP contribution in [0.2, 0.25) is 5.02 Å². The lowest BCUT2D eigenvalue weighted by Gasteiger charge is -2.21. The summed E-state index contributed by atoms with van der Waals surface area (Å²) in [6.45, 7) is 1.09. The summed E-state index contributed by atoms with van der Waals surface area (Å²) in [5.41, 5.74) is -0.502. The highest BCUT2D eigenvalue weighted by Gasteiger charge is 2.49. The third-order valence-electron chi connectivity index (χ3n) is 2.09. The Balaban J connectivity index is 3.04. The Labute approximate surface area is 106 Å². The van der Waals surface area contributed by atoms with Crippen molar-refractivity contribution in [3.8, 4) is 0 Å². The molecule has 0 spiro atoms. The smallest absolute Gasteiger partial charge is 0.380 e. The summed E-state index contributed by atoms with van der Waals surface area (Å²) < 4.78 is 44.0. The van der Waals surface area contributed by atoms with E-state index < -0.39 is 29.4 Å². The Morgan fingerprint density at radius 2 is 2.11 bits per heavy atom. The molecule has 0 radical (unpaired) electrons. The van der Waals surface area contributed by atoms with Crippen LogP contribution in [0.1, 0.15) is 18.6 Å². The van der Waals surface area contributed by atoms with Gasteiger partial charge in [0.1, 0.15) is 5.82 Å². The molecule has 0 amide bonds. The molecule has 0 saturated carbocycles. The van der Waals surface area contributed by atoms with Gasteiger partial charge in [-0.2, -0.15) is 8.78 Å². The number of aliphatic hydroxyl groups is 1. The average molecular weight is 283 g/mol. The molecule has 7 heteroatoms. The van der Waals surface area contributed by atoms with E-state index in [1.165, 1.54) is 6.92 Å². The first kappa shape index (κ1) is 14.8. The van der Waals surface area contributed by atoms with Gasteiger partial charge in [-0.3, -0.25) is 0 Å². The molecule has 0 aromatic heterocycles.